The van der Waals surface area contributed by atoms with Gasteiger partial charge in [0.15, 0.2) is 5.65 Å². The number of aromatic nitrogens is 2. The maximum absolute atomic E-state index is 5.22. The van der Waals surface area contributed by atoms with Gasteiger partial charge in [-0.05, 0) is 43.1 Å². The molecule has 24 heavy (non-hydrogen) atoms. The minimum atomic E-state index is 0.532. The molecule has 2 aliphatic rings. The predicted molar refractivity (Wildman–Crippen MR) is 99.7 cm³/mol. The average Bonchev–Trinajstić information content (AvgIpc) is 3.04. The van der Waals surface area contributed by atoms with Crippen LogP contribution in [0.4, 0.5) is 5.69 Å². The first-order chi connectivity index (χ1) is 11.7. The molecule has 4 heterocycles. The third-order valence-electron chi connectivity index (χ3n) is 5.59. The molecule has 4 rings (SSSR count). The molecular formula is C18H24N4OS. The Balaban J connectivity index is 1.55. The Kier molecular flexibility index (Phi) is 4.26. The number of pyridine rings is 2. The minimum absolute atomic E-state index is 0.532. The third kappa shape index (κ3) is 2.82. The van der Waals surface area contributed by atoms with Gasteiger partial charge >= 0.3 is 0 Å². The smallest absolute Gasteiger partial charge is 0.215 e. The van der Waals surface area contributed by atoms with Crippen molar-refractivity contribution < 1.29 is 4.74 Å². The summed E-state index contributed by atoms with van der Waals surface area (Å²) in [6.45, 7) is 4.72. The Morgan fingerprint density at radius 1 is 1.12 bits per heavy atom. The van der Waals surface area contributed by atoms with Gasteiger partial charge in [-0.25, -0.2) is 4.98 Å². The van der Waals surface area contributed by atoms with Crippen molar-refractivity contribution in [3.05, 3.63) is 24.4 Å². The molecule has 0 unspecified atom stereocenters. The van der Waals surface area contributed by atoms with E-state index < -0.39 is 0 Å². The lowest BCUT2D eigenvalue weighted by Crippen LogP contribution is -2.41. The molecule has 0 atom stereocenters. The predicted octanol–water partition coefficient (Wildman–Crippen LogP) is 3.21. The van der Waals surface area contributed by atoms with Crippen LogP contribution in [0.3, 0.4) is 0 Å². The zero-order valence-electron chi connectivity index (χ0n) is 14.4. The lowest BCUT2D eigenvalue weighted by Gasteiger charge is -2.40. The standard InChI is InChI=1S/C18H24N4OS/c1-23-16-4-3-14-15(5-9-19-17(14)20-16)21-10-6-18(7-11-21)8-12-22(13-18)24-2/h3-5,9H,6-8,10-13H2,1-2H3. The third-order valence-corrected chi connectivity index (χ3v) is 6.42. The Hall–Kier alpha value is -1.53. The maximum atomic E-state index is 5.22. The van der Waals surface area contributed by atoms with Crippen LogP contribution in [0.15, 0.2) is 24.4 Å². The van der Waals surface area contributed by atoms with E-state index in [2.05, 4.69) is 37.6 Å². The SMILES string of the molecule is COc1ccc2c(N3CCC4(CCN(SC)C4)CC3)ccnc2n1. The second-order valence-electron chi connectivity index (χ2n) is 6.84. The van der Waals surface area contributed by atoms with Gasteiger partial charge in [0.2, 0.25) is 5.88 Å². The quantitative estimate of drug-likeness (QED) is 0.797. The summed E-state index contributed by atoms with van der Waals surface area (Å²) >= 11 is 1.89. The molecule has 2 saturated heterocycles. The van der Waals surface area contributed by atoms with Crippen LogP contribution in [-0.4, -0.2) is 53.8 Å². The Bertz CT molecular complexity index is 730. The van der Waals surface area contributed by atoms with Crippen molar-refractivity contribution in [1.29, 1.82) is 0 Å². The topological polar surface area (TPSA) is 41.5 Å². The summed E-state index contributed by atoms with van der Waals surface area (Å²) in [6.07, 6.45) is 7.95. The van der Waals surface area contributed by atoms with E-state index in [-0.39, 0.29) is 0 Å². The second-order valence-corrected chi connectivity index (χ2v) is 7.72. The molecular weight excluding hydrogens is 320 g/mol. The zero-order valence-corrected chi connectivity index (χ0v) is 15.2. The highest BCUT2D eigenvalue weighted by molar-refractivity contribution is 7.96. The van der Waals surface area contributed by atoms with Crippen LogP contribution in [0.1, 0.15) is 19.3 Å². The molecule has 0 N–H and O–H groups in total. The van der Waals surface area contributed by atoms with E-state index in [0.29, 0.717) is 11.3 Å². The lowest BCUT2D eigenvalue weighted by atomic mass is 9.77. The van der Waals surface area contributed by atoms with Crippen LogP contribution in [0, 0.1) is 5.41 Å². The fourth-order valence-electron chi connectivity index (χ4n) is 4.07. The number of fused-ring (bicyclic) bond motifs is 1. The van der Waals surface area contributed by atoms with Crippen LogP contribution in [-0.2, 0) is 0 Å². The Labute approximate surface area is 147 Å². The number of hydrogen-bond donors (Lipinski definition) is 0. The second kappa shape index (κ2) is 6.41. The van der Waals surface area contributed by atoms with Crippen LogP contribution in [0.25, 0.3) is 11.0 Å². The van der Waals surface area contributed by atoms with Crippen molar-refractivity contribution in [3.8, 4) is 5.88 Å². The van der Waals surface area contributed by atoms with Crippen LogP contribution in [0.2, 0.25) is 0 Å². The normalized spacial score (nSPS) is 20.8. The van der Waals surface area contributed by atoms with Crippen molar-refractivity contribution >= 4 is 28.7 Å². The summed E-state index contributed by atoms with van der Waals surface area (Å²) in [5, 5.41) is 1.12. The van der Waals surface area contributed by atoms with Crippen molar-refractivity contribution in [2.75, 3.05) is 44.4 Å². The largest absolute Gasteiger partial charge is 0.481 e. The number of nitrogens with zero attached hydrogens (tertiary/aromatic N) is 4. The lowest BCUT2D eigenvalue weighted by molar-refractivity contribution is 0.237. The van der Waals surface area contributed by atoms with E-state index in [1.165, 1.54) is 38.0 Å². The van der Waals surface area contributed by atoms with Crippen molar-refractivity contribution in [3.63, 3.8) is 0 Å². The fourth-order valence-corrected chi connectivity index (χ4v) is 4.74. The monoisotopic (exact) mass is 344 g/mol. The van der Waals surface area contributed by atoms with Gasteiger partial charge in [0.1, 0.15) is 0 Å². The molecule has 0 aromatic carbocycles. The van der Waals surface area contributed by atoms with Crippen LogP contribution in [0.5, 0.6) is 5.88 Å². The van der Waals surface area contributed by atoms with E-state index in [1.807, 2.05) is 24.2 Å². The molecule has 2 aromatic rings. The number of ether oxygens (including phenoxy) is 1. The van der Waals surface area contributed by atoms with Crippen LogP contribution < -0.4 is 9.64 Å². The van der Waals surface area contributed by atoms with E-state index in [1.54, 1.807) is 7.11 Å². The number of anilines is 1. The minimum Gasteiger partial charge on any atom is -0.481 e. The number of piperidine rings is 1. The first kappa shape index (κ1) is 16.0. The van der Waals surface area contributed by atoms with Gasteiger partial charge in [-0.15, -0.1) is 0 Å². The van der Waals surface area contributed by atoms with Gasteiger partial charge in [-0.1, -0.05) is 11.9 Å². The summed E-state index contributed by atoms with van der Waals surface area (Å²) in [5.74, 6) is 0.618. The van der Waals surface area contributed by atoms with E-state index in [9.17, 15) is 0 Å². The molecule has 0 radical (unpaired) electrons. The summed E-state index contributed by atoms with van der Waals surface area (Å²) in [6, 6.07) is 6.13. The molecule has 0 bridgehead atoms. The molecule has 1 spiro atoms. The first-order valence-electron chi connectivity index (χ1n) is 8.57. The summed E-state index contributed by atoms with van der Waals surface area (Å²) < 4.78 is 7.74. The highest BCUT2D eigenvalue weighted by Crippen LogP contribution is 2.43. The molecule has 6 heteroatoms. The van der Waals surface area contributed by atoms with E-state index in [4.69, 9.17) is 4.74 Å². The van der Waals surface area contributed by atoms with Crippen molar-refractivity contribution in [1.82, 2.24) is 14.3 Å². The summed E-state index contributed by atoms with van der Waals surface area (Å²) in [7, 11) is 1.64. The Morgan fingerprint density at radius 2 is 1.92 bits per heavy atom. The van der Waals surface area contributed by atoms with E-state index >= 15 is 0 Å². The van der Waals surface area contributed by atoms with Crippen molar-refractivity contribution in [2.45, 2.75) is 19.3 Å². The molecule has 2 aromatic heterocycles. The molecule has 0 aliphatic carbocycles. The van der Waals surface area contributed by atoms with Gasteiger partial charge < -0.3 is 9.64 Å². The zero-order chi connectivity index (χ0) is 16.6. The van der Waals surface area contributed by atoms with Gasteiger partial charge in [0.25, 0.3) is 0 Å². The van der Waals surface area contributed by atoms with Gasteiger partial charge in [-0.2, -0.15) is 4.98 Å². The summed E-state index contributed by atoms with van der Waals surface area (Å²) in [5.41, 5.74) is 2.55. The van der Waals surface area contributed by atoms with Gasteiger partial charge in [0.05, 0.1) is 7.11 Å². The molecule has 128 valence electrons. The first-order valence-corrected chi connectivity index (χ1v) is 9.75. The molecule has 0 amide bonds. The molecule has 2 aliphatic heterocycles. The van der Waals surface area contributed by atoms with Crippen molar-refractivity contribution in [2.24, 2.45) is 5.41 Å². The van der Waals surface area contributed by atoms with E-state index in [0.717, 1.165) is 24.1 Å². The number of hydrogen-bond acceptors (Lipinski definition) is 6. The highest BCUT2D eigenvalue weighted by Gasteiger charge is 2.40. The molecule has 0 saturated carbocycles. The fraction of sp³-hybridized carbons (Fsp3) is 0.556. The number of rotatable bonds is 3. The maximum Gasteiger partial charge on any atom is 0.215 e. The number of methoxy groups -OCH3 is 1. The van der Waals surface area contributed by atoms with Gasteiger partial charge in [0, 0.05) is 49.5 Å². The molecule has 2 fully saturated rings. The Morgan fingerprint density at radius 3 is 2.62 bits per heavy atom. The summed E-state index contributed by atoms with van der Waals surface area (Å²) in [4.78, 5) is 11.4. The van der Waals surface area contributed by atoms with Gasteiger partial charge in [-0.3, -0.25) is 4.31 Å². The molecule has 5 nitrogen and oxygen atoms in total. The average molecular weight is 344 g/mol. The highest BCUT2D eigenvalue weighted by atomic mass is 32.2. The van der Waals surface area contributed by atoms with Crippen LogP contribution >= 0.6 is 11.9 Å².